The number of hydrogen-bond acceptors (Lipinski definition) is 3. The Morgan fingerprint density at radius 3 is 2.35 bits per heavy atom. The van der Waals surface area contributed by atoms with Gasteiger partial charge in [-0.1, -0.05) is 38.1 Å². The van der Waals surface area contributed by atoms with Crippen molar-refractivity contribution in [2.24, 2.45) is 0 Å². The number of hydrogen-bond donors (Lipinski definition) is 3. The first kappa shape index (κ1) is 13.7. The summed E-state index contributed by atoms with van der Waals surface area (Å²) in [5.41, 5.74) is 1.90. The Bertz CT molecular complexity index is 347. The molecule has 1 aromatic carbocycles. The zero-order chi connectivity index (χ0) is 12.7. The molecule has 0 fully saturated rings. The van der Waals surface area contributed by atoms with Crippen LogP contribution >= 0.6 is 0 Å². The van der Waals surface area contributed by atoms with Gasteiger partial charge in [-0.25, -0.2) is 0 Å². The number of aliphatic hydroxyl groups is 1. The lowest BCUT2D eigenvalue weighted by Gasteiger charge is -2.09. The second-order valence-corrected chi connectivity index (χ2v) is 4.29. The van der Waals surface area contributed by atoms with Crippen molar-refractivity contribution >= 4 is 5.91 Å². The average Bonchev–Trinajstić information content (AvgIpc) is 2.34. The molecule has 0 saturated carbocycles. The largest absolute Gasteiger partial charge is 0.392 e. The molecule has 1 amide bonds. The maximum Gasteiger partial charge on any atom is 0.234 e. The van der Waals surface area contributed by atoms with Crippen LogP contribution in [0.5, 0.6) is 0 Å². The van der Waals surface area contributed by atoms with E-state index in [0.717, 1.165) is 11.1 Å². The van der Waals surface area contributed by atoms with Gasteiger partial charge in [0.15, 0.2) is 0 Å². The maximum absolute atomic E-state index is 11.4. The fourth-order valence-corrected chi connectivity index (χ4v) is 1.32. The van der Waals surface area contributed by atoms with E-state index in [1.165, 1.54) is 0 Å². The van der Waals surface area contributed by atoms with Gasteiger partial charge >= 0.3 is 0 Å². The highest BCUT2D eigenvalue weighted by atomic mass is 16.3. The van der Waals surface area contributed by atoms with Crippen LogP contribution in [0.15, 0.2) is 24.3 Å². The van der Waals surface area contributed by atoms with Crippen LogP contribution in [0.1, 0.15) is 25.0 Å². The number of amides is 1. The molecule has 0 aromatic heterocycles. The third-order valence-electron chi connectivity index (χ3n) is 2.37. The van der Waals surface area contributed by atoms with Crippen LogP contribution in [0.3, 0.4) is 0 Å². The van der Waals surface area contributed by atoms with Crippen LogP contribution in [-0.4, -0.2) is 23.6 Å². The van der Waals surface area contributed by atoms with Crippen LogP contribution in [-0.2, 0) is 17.9 Å². The Morgan fingerprint density at radius 1 is 1.24 bits per heavy atom. The lowest BCUT2D eigenvalue weighted by molar-refractivity contribution is -0.120. The summed E-state index contributed by atoms with van der Waals surface area (Å²) in [5.74, 6) is -0.00932. The van der Waals surface area contributed by atoms with Gasteiger partial charge in [-0.15, -0.1) is 0 Å². The van der Waals surface area contributed by atoms with E-state index in [9.17, 15) is 4.79 Å². The Kier molecular flexibility index (Phi) is 5.66. The predicted octanol–water partition coefficient (Wildman–Crippen LogP) is 0.793. The van der Waals surface area contributed by atoms with Gasteiger partial charge in [0.2, 0.25) is 5.91 Å². The van der Waals surface area contributed by atoms with Crippen LogP contribution in [0.25, 0.3) is 0 Å². The van der Waals surface area contributed by atoms with Crippen LogP contribution in [0, 0.1) is 0 Å². The summed E-state index contributed by atoms with van der Waals surface area (Å²) in [6.07, 6.45) is 0. The summed E-state index contributed by atoms with van der Waals surface area (Å²) in [5, 5.41) is 14.8. The molecule has 0 saturated heterocycles. The first-order valence-corrected chi connectivity index (χ1v) is 5.80. The zero-order valence-corrected chi connectivity index (χ0v) is 10.4. The Hall–Kier alpha value is -1.39. The van der Waals surface area contributed by atoms with Gasteiger partial charge in [0.05, 0.1) is 13.2 Å². The summed E-state index contributed by atoms with van der Waals surface area (Å²) in [4.78, 5) is 11.4. The third-order valence-corrected chi connectivity index (χ3v) is 2.37. The molecule has 1 rings (SSSR count). The van der Waals surface area contributed by atoms with Gasteiger partial charge in [-0.05, 0) is 11.1 Å². The molecule has 94 valence electrons. The summed E-state index contributed by atoms with van der Waals surface area (Å²) in [7, 11) is 0. The van der Waals surface area contributed by atoms with Crippen molar-refractivity contribution in [2.45, 2.75) is 33.0 Å². The summed E-state index contributed by atoms with van der Waals surface area (Å²) >= 11 is 0. The van der Waals surface area contributed by atoms with E-state index in [4.69, 9.17) is 5.11 Å². The number of nitrogens with one attached hydrogen (secondary N) is 2. The van der Waals surface area contributed by atoms with Crippen LogP contribution < -0.4 is 10.6 Å². The Labute approximate surface area is 102 Å². The van der Waals surface area contributed by atoms with Crippen molar-refractivity contribution < 1.29 is 9.90 Å². The first-order chi connectivity index (χ1) is 8.11. The van der Waals surface area contributed by atoms with E-state index in [0.29, 0.717) is 19.1 Å². The molecule has 0 unspecified atom stereocenters. The van der Waals surface area contributed by atoms with E-state index in [1.807, 2.05) is 38.1 Å². The van der Waals surface area contributed by atoms with Crippen molar-refractivity contribution in [1.82, 2.24) is 10.6 Å². The number of carbonyl (C=O) groups is 1. The quantitative estimate of drug-likeness (QED) is 0.684. The van der Waals surface area contributed by atoms with Crippen molar-refractivity contribution in [2.75, 3.05) is 6.54 Å². The smallest absolute Gasteiger partial charge is 0.234 e. The average molecular weight is 236 g/mol. The normalized spacial score (nSPS) is 10.6. The number of rotatable bonds is 6. The number of aliphatic hydroxyl groups excluding tert-OH is 1. The molecule has 0 radical (unpaired) electrons. The lowest BCUT2D eigenvalue weighted by atomic mass is 10.1. The van der Waals surface area contributed by atoms with Crippen LogP contribution in [0.2, 0.25) is 0 Å². The highest BCUT2D eigenvalue weighted by Gasteiger charge is 2.01. The topological polar surface area (TPSA) is 61.4 Å². The standard InChI is InChI=1S/C13H20N2O2/c1-10(2)14-8-13(17)15-7-11-3-5-12(9-16)6-4-11/h3-6,10,14,16H,7-9H2,1-2H3,(H,15,17). The van der Waals surface area contributed by atoms with Crippen molar-refractivity contribution in [3.63, 3.8) is 0 Å². The molecular formula is C13H20N2O2. The molecule has 0 atom stereocenters. The molecule has 17 heavy (non-hydrogen) atoms. The Morgan fingerprint density at radius 2 is 1.82 bits per heavy atom. The minimum absolute atomic E-state index is 0.00932. The van der Waals surface area contributed by atoms with E-state index in [1.54, 1.807) is 0 Å². The Balaban J connectivity index is 2.31. The van der Waals surface area contributed by atoms with Gasteiger partial charge in [0.25, 0.3) is 0 Å². The van der Waals surface area contributed by atoms with E-state index in [-0.39, 0.29) is 12.5 Å². The maximum atomic E-state index is 11.4. The fraction of sp³-hybridized carbons (Fsp3) is 0.462. The molecule has 3 N–H and O–H groups in total. The second kappa shape index (κ2) is 7.04. The number of benzene rings is 1. The van der Waals surface area contributed by atoms with Gasteiger partial charge in [-0.3, -0.25) is 4.79 Å². The zero-order valence-electron chi connectivity index (χ0n) is 10.4. The lowest BCUT2D eigenvalue weighted by Crippen LogP contribution is -2.36. The van der Waals surface area contributed by atoms with E-state index in [2.05, 4.69) is 10.6 Å². The molecule has 0 aliphatic carbocycles. The van der Waals surface area contributed by atoms with Crippen molar-refractivity contribution in [3.05, 3.63) is 35.4 Å². The molecule has 4 nitrogen and oxygen atoms in total. The van der Waals surface area contributed by atoms with E-state index < -0.39 is 0 Å². The molecule has 0 heterocycles. The highest BCUT2D eigenvalue weighted by molar-refractivity contribution is 5.77. The molecule has 1 aromatic rings. The van der Waals surface area contributed by atoms with E-state index >= 15 is 0 Å². The highest BCUT2D eigenvalue weighted by Crippen LogP contribution is 2.03. The predicted molar refractivity (Wildman–Crippen MR) is 67.4 cm³/mol. The summed E-state index contributed by atoms with van der Waals surface area (Å²) < 4.78 is 0. The molecular weight excluding hydrogens is 216 g/mol. The minimum atomic E-state index is -0.00932. The van der Waals surface area contributed by atoms with Crippen LogP contribution in [0.4, 0.5) is 0 Å². The molecule has 0 aliphatic rings. The molecule has 0 spiro atoms. The SMILES string of the molecule is CC(C)NCC(=O)NCc1ccc(CO)cc1. The number of carbonyl (C=O) groups excluding carboxylic acids is 1. The summed E-state index contributed by atoms with van der Waals surface area (Å²) in [6.45, 7) is 4.91. The fourth-order valence-electron chi connectivity index (χ4n) is 1.32. The third kappa shape index (κ3) is 5.47. The second-order valence-electron chi connectivity index (χ2n) is 4.29. The first-order valence-electron chi connectivity index (χ1n) is 5.80. The minimum Gasteiger partial charge on any atom is -0.392 e. The van der Waals surface area contributed by atoms with Gasteiger partial charge < -0.3 is 15.7 Å². The van der Waals surface area contributed by atoms with Crippen molar-refractivity contribution in [3.8, 4) is 0 Å². The van der Waals surface area contributed by atoms with Crippen molar-refractivity contribution in [1.29, 1.82) is 0 Å². The van der Waals surface area contributed by atoms with Gasteiger partial charge in [0, 0.05) is 12.6 Å². The monoisotopic (exact) mass is 236 g/mol. The molecule has 0 aliphatic heterocycles. The van der Waals surface area contributed by atoms with Gasteiger partial charge in [0.1, 0.15) is 0 Å². The summed E-state index contributed by atoms with van der Waals surface area (Å²) in [6, 6.07) is 7.83. The molecule has 0 bridgehead atoms. The van der Waals surface area contributed by atoms with Gasteiger partial charge in [-0.2, -0.15) is 0 Å². The molecule has 4 heteroatoms.